The van der Waals surface area contributed by atoms with E-state index in [9.17, 15) is 0 Å². The zero-order valence-corrected chi connectivity index (χ0v) is 18.0. The molecule has 0 aromatic rings. The van der Waals surface area contributed by atoms with Crippen LogP contribution in [-0.4, -0.2) is 23.8 Å². The molecule has 1 nitrogen and oxygen atoms in total. The Hall–Kier alpha value is 0.660. The van der Waals surface area contributed by atoms with Gasteiger partial charge in [0.25, 0.3) is 0 Å². The summed E-state index contributed by atoms with van der Waals surface area (Å²) in [6.07, 6.45) is 10.5. The molecule has 0 amide bonds. The monoisotopic (exact) mass is 369 g/mol. The lowest BCUT2D eigenvalue weighted by Gasteiger charge is -2.52. The van der Waals surface area contributed by atoms with Gasteiger partial charge in [-0.2, -0.15) is 11.8 Å². The molecule has 2 aliphatic heterocycles. The molecule has 0 aromatic heterocycles. The van der Waals surface area contributed by atoms with Crippen molar-refractivity contribution in [3.05, 3.63) is 0 Å². The van der Waals surface area contributed by atoms with Crippen molar-refractivity contribution in [1.29, 1.82) is 0 Å². The second-order valence-electron chi connectivity index (χ2n) is 9.86. The molecule has 2 aliphatic carbocycles. The molecule has 0 atom stereocenters. The van der Waals surface area contributed by atoms with E-state index in [2.05, 4.69) is 44.2 Å². The fraction of sp³-hybridized carbons (Fsp3) is 1.00. The van der Waals surface area contributed by atoms with Crippen molar-refractivity contribution in [3.63, 3.8) is 0 Å². The minimum Gasteiger partial charge on any atom is -0.264 e. The van der Waals surface area contributed by atoms with E-state index in [-0.39, 0.29) is 0 Å². The van der Waals surface area contributed by atoms with E-state index >= 15 is 0 Å². The fourth-order valence-electron chi connectivity index (χ4n) is 5.24. The molecule has 4 rings (SSSR count). The van der Waals surface area contributed by atoms with Crippen molar-refractivity contribution in [1.82, 2.24) is 4.72 Å². The Kier molecular flexibility index (Phi) is 6.58. The van der Waals surface area contributed by atoms with Crippen LogP contribution in [0.4, 0.5) is 0 Å². The summed E-state index contributed by atoms with van der Waals surface area (Å²) in [5, 5.41) is 0. The summed E-state index contributed by atoms with van der Waals surface area (Å²) in [4.78, 5) is 0. The predicted molar refractivity (Wildman–Crippen MR) is 112 cm³/mol. The van der Waals surface area contributed by atoms with Crippen LogP contribution in [0, 0.1) is 34.5 Å². The van der Waals surface area contributed by atoms with Crippen LogP contribution in [0.15, 0.2) is 0 Å². The van der Waals surface area contributed by atoms with Gasteiger partial charge >= 0.3 is 0 Å². The molecule has 0 unspecified atom stereocenters. The third-order valence-electron chi connectivity index (χ3n) is 7.50. The van der Waals surface area contributed by atoms with Crippen molar-refractivity contribution >= 4 is 23.7 Å². The first-order valence-corrected chi connectivity index (χ1v) is 12.5. The summed E-state index contributed by atoms with van der Waals surface area (Å²) in [6, 6.07) is 0. The van der Waals surface area contributed by atoms with E-state index in [1.165, 1.54) is 55.9 Å². The van der Waals surface area contributed by atoms with Gasteiger partial charge in [0.05, 0.1) is 0 Å². The van der Waals surface area contributed by atoms with Crippen LogP contribution in [0.2, 0.25) is 0 Å². The molecular weight excluding hydrogens is 330 g/mol. The average molecular weight is 370 g/mol. The molecule has 2 spiro atoms. The number of nitrogens with one attached hydrogen (secondary N) is 1. The number of thioether (sulfide) groups is 1. The highest BCUT2D eigenvalue weighted by Crippen LogP contribution is 2.56. The van der Waals surface area contributed by atoms with Gasteiger partial charge in [0, 0.05) is 12.3 Å². The van der Waals surface area contributed by atoms with Gasteiger partial charge in [0.15, 0.2) is 0 Å². The lowest BCUT2D eigenvalue weighted by atomic mass is 9.56. The van der Waals surface area contributed by atoms with Crippen LogP contribution >= 0.6 is 23.7 Å². The van der Waals surface area contributed by atoms with E-state index in [1.54, 1.807) is 12.8 Å². The zero-order valence-electron chi connectivity index (χ0n) is 16.4. The molecule has 4 fully saturated rings. The molecule has 3 heteroatoms. The van der Waals surface area contributed by atoms with Crippen LogP contribution in [0.25, 0.3) is 0 Å². The minimum atomic E-state index is 0.722. The molecule has 140 valence electrons. The summed E-state index contributed by atoms with van der Waals surface area (Å²) < 4.78 is 3.45. The van der Waals surface area contributed by atoms with Crippen molar-refractivity contribution in [3.8, 4) is 0 Å². The van der Waals surface area contributed by atoms with Gasteiger partial charge in [0.1, 0.15) is 0 Å². The van der Waals surface area contributed by atoms with E-state index < -0.39 is 0 Å². The lowest BCUT2D eigenvalue weighted by molar-refractivity contribution is 0.0178. The molecule has 24 heavy (non-hydrogen) atoms. The van der Waals surface area contributed by atoms with E-state index in [1.807, 2.05) is 11.9 Å². The predicted octanol–water partition coefficient (Wildman–Crippen LogP) is 6.25. The van der Waals surface area contributed by atoms with Gasteiger partial charge in [-0.25, -0.2) is 0 Å². The normalized spacial score (nSPS) is 31.5. The van der Waals surface area contributed by atoms with Gasteiger partial charge < -0.3 is 0 Å². The SMILES string of the molecule is CC(C)C1CC2(CCSCC2)C1.CC(C)C1CC2(CCSNC2)C1. The molecule has 4 aliphatic rings. The molecular formula is C21H39NS2. The van der Waals surface area contributed by atoms with Gasteiger partial charge in [-0.3, -0.25) is 4.72 Å². The Morgan fingerprint density at radius 1 is 0.750 bits per heavy atom. The Labute approximate surface area is 159 Å². The molecule has 0 aromatic carbocycles. The van der Waals surface area contributed by atoms with Gasteiger partial charge in [0.2, 0.25) is 0 Å². The molecule has 2 saturated carbocycles. The number of hydrogen-bond donors (Lipinski definition) is 1. The third-order valence-corrected chi connectivity index (χ3v) is 9.25. The van der Waals surface area contributed by atoms with Gasteiger partial charge in [-0.15, -0.1) is 0 Å². The molecule has 0 radical (unpaired) electrons. The second-order valence-corrected chi connectivity index (χ2v) is 12.1. The molecule has 1 N–H and O–H groups in total. The quantitative estimate of drug-likeness (QED) is 0.578. The Balaban J connectivity index is 0.000000141. The summed E-state index contributed by atoms with van der Waals surface area (Å²) in [6.45, 7) is 10.8. The van der Waals surface area contributed by atoms with Gasteiger partial charge in [-0.1, -0.05) is 39.6 Å². The first-order chi connectivity index (χ1) is 11.4. The smallest absolute Gasteiger partial charge is 0.0116 e. The summed E-state index contributed by atoms with van der Waals surface area (Å²) in [7, 11) is 0. The standard InChI is InChI=1S/C11H20S.C10H19NS/c1-9(2)10-7-11(8-10)3-5-12-6-4-11;1-8(2)9-5-10(6-9)3-4-12-11-7-10/h9-10H,3-8H2,1-2H3;8-9,11H,3-7H2,1-2H3. The van der Waals surface area contributed by atoms with E-state index in [0.717, 1.165) is 34.5 Å². The Morgan fingerprint density at radius 3 is 1.71 bits per heavy atom. The lowest BCUT2D eigenvalue weighted by Crippen LogP contribution is -2.48. The van der Waals surface area contributed by atoms with Crippen LogP contribution < -0.4 is 4.72 Å². The van der Waals surface area contributed by atoms with E-state index in [0.29, 0.717) is 0 Å². The van der Waals surface area contributed by atoms with Crippen LogP contribution in [-0.2, 0) is 0 Å². The molecule has 2 heterocycles. The highest BCUT2D eigenvalue weighted by Gasteiger charge is 2.46. The summed E-state index contributed by atoms with van der Waals surface area (Å²) >= 11 is 4.06. The van der Waals surface area contributed by atoms with Crippen LogP contribution in [0.3, 0.4) is 0 Å². The summed E-state index contributed by atoms with van der Waals surface area (Å²) in [5.74, 6) is 8.12. The van der Waals surface area contributed by atoms with Crippen LogP contribution in [0.1, 0.15) is 72.6 Å². The maximum Gasteiger partial charge on any atom is 0.0116 e. The summed E-state index contributed by atoms with van der Waals surface area (Å²) in [5.41, 5.74) is 1.56. The van der Waals surface area contributed by atoms with Gasteiger partial charge in [-0.05, 0) is 91.0 Å². The minimum absolute atomic E-state index is 0.722. The van der Waals surface area contributed by atoms with Crippen LogP contribution in [0.5, 0.6) is 0 Å². The zero-order chi connectivity index (χ0) is 17.2. The number of rotatable bonds is 2. The van der Waals surface area contributed by atoms with Crippen molar-refractivity contribution in [2.75, 3.05) is 23.8 Å². The molecule has 2 saturated heterocycles. The average Bonchev–Trinajstić information content (AvgIpc) is 2.52. The largest absolute Gasteiger partial charge is 0.264 e. The maximum atomic E-state index is 3.45. The Bertz CT molecular complexity index is 341. The topological polar surface area (TPSA) is 12.0 Å². The highest BCUT2D eigenvalue weighted by atomic mass is 32.2. The van der Waals surface area contributed by atoms with Crippen molar-refractivity contribution in [2.24, 2.45) is 34.5 Å². The maximum absolute atomic E-state index is 3.45. The third kappa shape index (κ3) is 4.49. The van der Waals surface area contributed by atoms with Crippen molar-refractivity contribution in [2.45, 2.75) is 72.6 Å². The first kappa shape index (κ1) is 19.4. The Morgan fingerprint density at radius 2 is 1.25 bits per heavy atom. The highest BCUT2D eigenvalue weighted by molar-refractivity contribution is 7.99. The molecule has 0 bridgehead atoms. The fourth-order valence-corrected chi connectivity index (χ4v) is 7.69. The van der Waals surface area contributed by atoms with Crippen molar-refractivity contribution < 1.29 is 0 Å². The second kappa shape index (κ2) is 8.13. The number of hydrogen-bond acceptors (Lipinski definition) is 3. The van der Waals surface area contributed by atoms with E-state index in [4.69, 9.17) is 0 Å². The first-order valence-electron chi connectivity index (χ1n) is 10.4.